The van der Waals surface area contributed by atoms with Crippen LogP contribution in [0, 0.1) is 0 Å². The molecule has 1 aliphatic rings. The number of likely N-dealkylation sites (tertiary alicyclic amines) is 1. The highest BCUT2D eigenvalue weighted by Gasteiger charge is 2.30. The summed E-state index contributed by atoms with van der Waals surface area (Å²) >= 11 is 0. The predicted octanol–water partition coefficient (Wildman–Crippen LogP) is 0.899. The van der Waals surface area contributed by atoms with Gasteiger partial charge in [0.2, 0.25) is 5.91 Å². The standard InChI is InChI=1S/C13H17N3O3/c1-15-9-10(8-14-15)5-6-12(17)16-7-3-2-4-11(16)13(18)19/h5-6,8-9,11H,2-4,7H2,1H3,(H,18,19)/b6-5+. The van der Waals surface area contributed by atoms with Gasteiger partial charge in [0.05, 0.1) is 6.20 Å². The van der Waals surface area contributed by atoms with Gasteiger partial charge in [-0.15, -0.1) is 0 Å². The number of carbonyl (C=O) groups excluding carboxylic acids is 1. The average Bonchev–Trinajstić information content (AvgIpc) is 2.81. The summed E-state index contributed by atoms with van der Waals surface area (Å²) in [5, 5.41) is 13.1. The van der Waals surface area contributed by atoms with Crippen LogP contribution in [-0.4, -0.2) is 44.3 Å². The molecule has 1 saturated heterocycles. The van der Waals surface area contributed by atoms with Crippen LogP contribution in [0.1, 0.15) is 24.8 Å². The number of hydrogen-bond donors (Lipinski definition) is 1. The fourth-order valence-corrected chi connectivity index (χ4v) is 2.24. The molecule has 6 nitrogen and oxygen atoms in total. The lowest BCUT2D eigenvalue weighted by atomic mass is 10.0. The zero-order valence-corrected chi connectivity index (χ0v) is 10.8. The van der Waals surface area contributed by atoms with E-state index in [4.69, 9.17) is 5.11 Å². The van der Waals surface area contributed by atoms with Gasteiger partial charge in [-0.1, -0.05) is 0 Å². The maximum atomic E-state index is 12.0. The third kappa shape index (κ3) is 3.21. The number of amides is 1. The van der Waals surface area contributed by atoms with Gasteiger partial charge in [0.25, 0.3) is 0 Å². The second-order valence-corrected chi connectivity index (χ2v) is 4.66. The van der Waals surface area contributed by atoms with E-state index in [1.165, 1.54) is 11.0 Å². The van der Waals surface area contributed by atoms with Gasteiger partial charge < -0.3 is 10.0 Å². The molecule has 1 atom stereocenters. The van der Waals surface area contributed by atoms with E-state index in [1.807, 2.05) is 0 Å². The number of aliphatic carboxylic acids is 1. The van der Waals surface area contributed by atoms with E-state index in [9.17, 15) is 9.59 Å². The second-order valence-electron chi connectivity index (χ2n) is 4.66. The van der Waals surface area contributed by atoms with Crippen molar-refractivity contribution in [1.29, 1.82) is 0 Å². The molecule has 1 aromatic rings. The first kappa shape index (κ1) is 13.3. The summed E-state index contributed by atoms with van der Waals surface area (Å²) < 4.78 is 1.64. The van der Waals surface area contributed by atoms with Crippen molar-refractivity contribution in [3.05, 3.63) is 24.0 Å². The van der Waals surface area contributed by atoms with Crippen molar-refractivity contribution in [3.63, 3.8) is 0 Å². The molecular formula is C13H17N3O3. The number of carbonyl (C=O) groups is 2. The van der Waals surface area contributed by atoms with Gasteiger partial charge in [0, 0.05) is 31.4 Å². The molecule has 6 heteroatoms. The summed E-state index contributed by atoms with van der Waals surface area (Å²) in [6.45, 7) is 0.507. The van der Waals surface area contributed by atoms with Gasteiger partial charge in [0.1, 0.15) is 6.04 Å². The van der Waals surface area contributed by atoms with Crippen LogP contribution in [0.3, 0.4) is 0 Å². The minimum absolute atomic E-state index is 0.254. The fourth-order valence-electron chi connectivity index (χ4n) is 2.24. The Kier molecular flexibility index (Phi) is 3.99. The molecule has 0 spiro atoms. The number of rotatable bonds is 3. The molecule has 1 N–H and O–H groups in total. The molecule has 1 aromatic heterocycles. The van der Waals surface area contributed by atoms with Gasteiger partial charge in [0.15, 0.2) is 0 Å². The molecule has 0 aromatic carbocycles. The maximum Gasteiger partial charge on any atom is 0.326 e. The Morgan fingerprint density at radius 2 is 2.26 bits per heavy atom. The number of aryl methyl sites for hydroxylation is 1. The molecule has 2 rings (SSSR count). The van der Waals surface area contributed by atoms with Crippen LogP contribution in [-0.2, 0) is 16.6 Å². The molecule has 1 fully saturated rings. The summed E-state index contributed by atoms with van der Waals surface area (Å²) in [5.41, 5.74) is 0.819. The van der Waals surface area contributed by atoms with Gasteiger partial charge in [-0.05, 0) is 25.3 Å². The van der Waals surface area contributed by atoms with E-state index in [0.29, 0.717) is 13.0 Å². The van der Waals surface area contributed by atoms with E-state index in [1.54, 1.807) is 30.2 Å². The van der Waals surface area contributed by atoms with Crippen molar-refractivity contribution < 1.29 is 14.7 Å². The highest BCUT2D eigenvalue weighted by molar-refractivity contribution is 5.94. The van der Waals surface area contributed by atoms with Crippen molar-refractivity contribution in [1.82, 2.24) is 14.7 Å². The second kappa shape index (κ2) is 5.69. The molecule has 1 aliphatic heterocycles. The van der Waals surface area contributed by atoms with Crippen molar-refractivity contribution >= 4 is 18.0 Å². The molecule has 19 heavy (non-hydrogen) atoms. The zero-order valence-electron chi connectivity index (χ0n) is 10.8. The van der Waals surface area contributed by atoms with Crippen molar-refractivity contribution in [2.45, 2.75) is 25.3 Å². The third-order valence-electron chi connectivity index (χ3n) is 3.21. The number of aromatic nitrogens is 2. The van der Waals surface area contributed by atoms with Gasteiger partial charge in [-0.25, -0.2) is 4.79 Å². The smallest absolute Gasteiger partial charge is 0.326 e. The lowest BCUT2D eigenvalue weighted by Gasteiger charge is -2.32. The van der Waals surface area contributed by atoms with Gasteiger partial charge in [-0.2, -0.15) is 5.10 Å². The first-order valence-corrected chi connectivity index (χ1v) is 6.28. The van der Waals surface area contributed by atoms with E-state index < -0.39 is 12.0 Å². The lowest BCUT2D eigenvalue weighted by Crippen LogP contribution is -2.47. The van der Waals surface area contributed by atoms with Crippen molar-refractivity contribution in [2.24, 2.45) is 7.05 Å². The first-order chi connectivity index (χ1) is 9.08. The highest BCUT2D eigenvalue weighted by atomic mass is 16.4. The van der Waals surface area contributed by atoms with Crippen molar-refractivity contribution in [2.75, 3.05) is 6.54 Å². The Balaban J connectivity index is 2.05. The largest absolute Gasteiger partial charge is 0.480 e. The normalized spacial score (nSPS) is 19.8. The quantitative estimate of drug-likeness (QED) is 0.822. The number of carboxylic acid groups (broad SMARTS) is 1. The van der Waals surface area contributed by atoms with Crippen LogP contribution >= 0.6 is 0 Å². The Bertz CT molecular complexity index is 507. The molecule has 1 unspecified atom stereocenters. The lowest BCUT2D eigenvalue weighted by molar-refractivity contribution is -0.150. The number of carboxylic acids is 1. The summed E-state index contributed by atoms with van der Waals surface area (Å²) in [7, 11) is 1.80. The Hall–Kier alpha value is -2.11. The molecule has 0 saturated carbocycles. The molecule has 0 aliphatic carbocycles. The number of hydrogen-bond acceptors (Lipinski definition) is 3. The minimum Gasteiger partial charge on any atom is -0.480 e. The number of nitrogens with zero attached hydrogens (tertiary/aromatic N) is 3. The van der Waals surface area contributed by atoms with Crippen LogP contribution in [0.2, 0.25) is 0 Å². The Morgan fingerprint density at radius 3 is 2.89 bits per heavy atom. The zero-order chi connectivity index (χ0) is 13.8. The van der Waals surface area contributed by atoms with E-state index in [2.05, 4.69) is 5.10 Å². The minimum atomic E-state index is -0.928. The molecule has 0 bridgehead atoms. The molecule has 1 amide bonds. The molecule has 102 valence electrons. The summed E-state index contributed by atoms with van der Waals surface area (Å²) in [6.07, 6.45) is 8.75. The fraction of sp³-hybridized carbons (Fsp3) is 0.462. The third-order valence-corrected chi connectivity index (χ3v) is 3.21. The summed E-state index contributed by atoms with van der Waals surface area (Å²) in [4.78, 5) is 24.6. The van der Waals surface area contributed by atoms with Crippen molar-refractivity contribution in [3.8, 4) is 0 Å². The van der Waals surface area contributed by atoms with Gasteiger partial charge >= 0.3 is 5.97 Å². The van der Waals surface area contributed by atoms with Crippen LogP contribution in [0.4, 0.5) is 0 Å². The monoisotopic (exact) mass is 263 g/mol. The SMILES string of the molecule is Cn1cc(/C=C/C(=O)N2CCCCC2C(=O)O)cn1. The van der Waals surface area contributed by atoms with Gasteiger partial charge in [-0.3, -0.25) is 9.48 Å². The molecule has 0 radical (unpaired) electrons. The topological polar surface area (TPSA) is 75.4 Å². The molecule has 2 heterocycles. The van der Waals surface area contributed by atoms with E-state index in [0.717, 1.165) is 18.4 Å². The van der Waals surface area contributed by atoms with E-state index >= 15 is 0 Å². The summed E-state index contributed by atoms with van der Waals surface area (Å²) in [5.74, 6) is -1.18. The highest BCUT2D eigenvalue weighted by Crippen LogP contribution is 2.17. The van der Waals surface area contributed by atoms with Crippen LogP contribution < -0.4 is 0 Å². The maximum absolute atomic E-state index is 12.0. The predicted molar refractivity (Wildman–Crippen MR) is 69.2 cm³/mol. The first-order valence-electron chi connectivity index (χ1n) is 6.28. The van der Waals surface area contributed by atoms with Crippen LogP contribution in [0.5, 0.6) is 0 Å². The number of piperidine rings is 1. The Morgan fingerprint density at radius 1 is 1.47 bits per heavy atom. The summed E-state index contributed by atoms with van der Waals surface area (Å²) in [6, 6.07) is -0.695. The van der Waals surface area contributed by atoms with Crippen LogP contribution in [0.25, 0.3) is 6.08 Å². The Labute approximate surface area is 111 Å². The average molecular weight is 263 g/mol. The van der Waals surface area contributed by atoms with Crippen LogP contribution in [0.15, 0.2) is 18.5 Å². The van der Waals surface area contributed by atoms with E-state index in [-0.39, 0.29) is 5.91 Å². The molecular weight excluding hydrogens is 246 g/mol.